The van der Waals surface area contributed by atoms with E-state index in [9.17, 15) is 29.4 Å². The number of amides is 4. The van der Waals surface area contributed by atoms with E-state index >= 15 is 4.79 Å². The molecule has 3 aromatic carbocycles. The number of nitrogens with one attached hydrogen (secondary N) is 1. The third-order valence-electron chi connectivity index (χ3n) is 10.6. The molecule has 11 heteroatoms. The number of nitrogens with zero attached hydrogens (tertiary/aromatic N) is 2. The van der Waals surface area contributed by atoms with Gasteiger partial charge in [0.25, 0.3) is 11.8 Å². The summed E-state index contributed by atoms with van der Waals surface area (Å²) in [6, 6.07) is 23.8. The second kappa shape index (κ2) is 12.6. The van der Waals surface area contributed by atoms with Gasteiger partial charge in [0.2, 0.25) is 11.8 Å². The monoisotopic (exact) mass is 663 g/mol. The second-order valence-corrected chi connectivity index (χ2v) is 13.2. The van der Waals surface area contributed by atoms with Gasteiger partial charge in [0.15, 0.2) is 0 Å². The van der Waals surface area contributed by atoms with Crippen molar-refractivity contribution in [1.29, 1.82) is 0 Å². The lowest BCUT2D eigenvalue weighted by Crippen LogP contribution is -2.53. The average Bonchev–Trinajstić information content (AvgIpc) is 3.48. The van der Waals surface area contributed by atoms with Crippen molar-refractivity contribution >= 4 is 35.3 Å². The molecule has 11 nitrogen and oxygen atoms in total. The molecule has 0 spiro atoms. The van der Waals surface area contributed by atoms with Crippen molar-refractivity contribution in [3.63, 3.8) is 0 Å². The van der Waals surface area contributed by atoms with E-state index in [1.807, 2.05) is 67.6 Å². The molecule has 3 N–H and O–H groups in total. The lowest BCUT2D eigenvalue weighted by atomic mass is 9.49. The Morgan fingerprint density at radius 2 is 1.63 bits per heavy atom. The summed E-state index contributed by atoms with van der Waals surface area (Å²) >= 11 is 0. The van der Waals surface area contributed by atoms with Gasteiger partial charge in [-0.15, -0.1) is 0 Å². The van der Waals surface area contributed by atoms with Gasteiger partial charge < -0.3 is 14.9 Å². The van der Waals surface area contributed by atoms with Gasteiger partial charge in [-0.2, -0.15) is 5.01 Å². The van der Waals surface area contributed by atoms with Gasteiger partial charge in [-0.05, 0) is 49.4 Å². The Bertz CT molecular complexity index is 1860. The van der Waals surface area contributed by atoms with Crippen LogP contribution in [0, 0.1) is 30.6 Å². The number of hydrazine groups is 1. The number of aliphatic hydroxyl groups is 1. The zero-order valence-corrected chi connectivity index (χ0v) is 27.0. The molecule has 49 heavy (non-hydrogen) atoms. The number of hydrogen-bond donors (Lipinski definition) is 3. The minimum Gasteiger partial charge on any atom is -0.491 e. The quantitative estimate of drug-likeness (QED) is 0.217. The zero-order valence-electron chi connectivity index (χ0n) is 27.0. The summed E-state index contributed by atoms with van der Waals surface area (Å²) in [6.07, 6.45) is 1.93. The first-order chi connectivity index (χ1) is 23.7. The van der Waals surface area contributed by atoms with Crippen LogP contribution >= 0.6 is 0 Å². The number of allylic oxidation sites excluding steroid dienone is 2. The number of imide groups is 2. The number of carboxylic acids is 1. The SMILES string of the molecule is Cc1ccc(NN2C(=O)C3CC4C(=CCC5C(=O)N(CCC(=O)O)C(=O)C54)C(c4ccccc4OCCO)C3(c3ccccc3)C2=O)cc1. The number of aliphatic hydroxyl groups excluding tert-OH is 1. The molecule has 0 aromatic heterocycles. The molecule has 6 unspecified atom stereocenters. The molecule has 4 aliphatic rings. The molecule has 0 bridgehead atoms. The molecule has 3 aromatic rings. The van der Waals surface area contributed by atoms with Crippen LogP contribution in [0.5, 0.6) is 5.75 Å². The van der Waals surface area contributed by atoms with E-state index in [1.54, 1.807) is 24.3 Å². The van der Waals surface area contributed by atoms with E-state index in [-0.39, 0.29) is 39.0 Å². The van der Waals surface area contributed by atoms with E-state index in [1.165, 1.54) is 0 Å². The van der Waals surface area contributed by atoms with Crippen LogP contribution < -0.4 is 10.2 Å². The number of para-hydroxylation sites is 1. The Kier molecular flexibility index (Phi) is 8.32. The van der Waals surface area contributed by atoms with Crippen molar-refractivity contribution in [3.05, 3.63) is 107 Å². The van der Waals surface area contributed by atoms with Crippen LogP contribution in [-0.2, 0) is 29.4 Å². The van der Waals surface area contributed by atoms with Crippen molar-refractivity contribution in [2.24, 2.45) is 23.7 Å². The summed E-state index contributed by atoms with van der Waals surface area (Å²) < 4.78 is 6.05. The van der Waals surface area contributed by atoms with E-state index in [4.69, 9.17) is 4.74 Å². The van der Waals surface area contributed by atoms with E-state index < -0.39 is 64.6 Å². The Labute approximate surface area is 283 Å². The number of likely N-dealkylation sites (tertiary alicyclic amines) is 1. The highest BCUT2D eigenvalue weighted by molar-refractivity contribution is 6.13. The van der Waals surface area contributed by atoms with Gasteiger partial charge in [-0.1, -0.05) is 77.9 Å². The van der Waals surface area contributed by atoms with Crippen LogP contribution in [0.25, 0.3) is 0 Å². The molecule has 3 fully saturated rings. The molecule has 2 heterocycles. The lowest BCUT2D eigenvalue weighted by molar-refractivity contribution is -0.143. The fraction of sp³-hybridized carbons (Fsp3) is 0.342. The zero-order chi connectivity index (χ0) is 34.4. The number of carboxylic acid groups (broad SMARTS) is 1. The molecule has 2 aliphatic heterocycles. The Balaban J connectivity index is 1.43. The molecule has 252 valence electrons. The molecule has 6 atom stereocenters. The normalized spacial score (nSPS) is 27.4. The first-order valence-electron chi connectivity index (χ1n) is 16.5. The predicted octanol–water partition coefficient (Wildman–Crippen LogP) is 3.83. The number of carbonyl (C=O) groups is 5. The number of hydrogen-bond acceptors (Lipinski definition) is 8. The lowest BCUT2D eigenvalue weighted by Gasteiger charge is -2.50. The smallest absolute Gasteiger partial charge is 0.305 e. The fourth-order valence-corrected chi connectivity index (χ4v) is 8.59. The summed E-state index contributed by atoms with van der Waals surface area (Å²) in [5.74, 6) is -6.26. The molecule has 7 rings (SSSR count). The summed E-state index contributed by atoms with van der Waals surface area (Å²) in [4.78, 5) is 70.0. The average molecular weight is 664 g/mol. The molecular formula is C38H37N3O8. The summed E-state index contributed by atoms with van der Waals surface area (Å²) in [5.41, 5.74) is 5.21. The second-order valence-electron chi connectivity index (χ2n) is 13.2. The standard InChI is InChI=1S/C38H37N3O8/c1-22-11-13-24(14-12-22)39-41-35(46)29-21-28-25(15-16-27-32(28)36(47)40(34(27)45)18-17-31(43)44)33(26-9-5-6-10-30(26)49-20-19-42)38(29,37(41)48)23-7-3-2-4-8-23/h2-15,27-29,32-33,39,42H,16-21H2,1H3,(H,43,44). The van der Waals surface area contributed by atoms with Crippen molar-refractivity contribution < 1.29 is 38.9 Å². The highest BCUT2D eigenvalue weighted by Gasteiger charge is 2.70. The Hall–Kier alpha value is -5.29. The molecule has 1 saturated carbocycles. The maximum Gasteiger partial charge on any atom is 0.305 e. The Morgan fingerprint density at radius 3 is 2.35 bits per heavy atom. The molecule has 2 aliphatic carbocycles. The van der Waals surface area contributed by atoms with Crippen molar-refractivity contribution in [3.8, 4) is 5.75 Å². The number of fused-ring (bicyclic) bond motifs is 4. The number of aryl methyl sites for hydroxylation is 1. The van der Waals surface area contributed by atoms with Crippen molar-refractivity contribution in [2.75, 3.05) is 25.2 Å². The summed E-state index contributed by atoms with van der Waals surface area (Å²) in [6.45, 7) is 1.47. The Morgan fingerprint density at radius 1 is 0.918 bits per heavy atom. The first-order valence-corrected chi connectivity index (χ1v) is 16.5. The molecule has 2 saturated heterocycles. The molecule has 0 radical (unpaired) electrons. The topological polar surface area (TPSA) is 154 Å². The molecule has 4 amide bonds. The number of anilines is 1. The van der Waals surface area contributed by atoms with Crippen LogP contribution in [0.1, 0.15) is 41.9 Å². The van der Waals surface area contributed by atoms with Crippen LogP contribution in [0.15, 0.2) is 90.5 Å². The maximum atomic E-state index is 15.2. The van der Waals surface area contributed by atoms with Gasteiger partial charge in [0.1, 0.15) is 12.4 Å². The maximum absolute atomic E-state index is 15.2. The number of aliphatic carboxylic acids is 1. The molecular weight excluding hydrogens is 626 g/mol. The van der Waals surface area contributed by atoms with Crippen LogP contribution in [0.2, 0.25) is 0 Å². The highest BCUT2D eigenvalue weighted by atomic mass is 16.5. The van der Waals surface area contributed by atoms with Gasteiger partial charge >= 0.3 is 5.97 Å². The van der Waals surface area contributed by atoms with Gasteiger partial charge in [0.05, 0.1) is 41.9 Å². The largest absolute Gasteiger partial charge is 0.491 e. The summed E-state index contributed by atoms with van der Waals surface area (Å²) in [5, 5.41) is 20.1. The van der Waals surface area contributed by atoms with Gasteiger partial charge in [-0.3, -0.25) is 34.3 Å². The summed E-state index contributed by atoms with van der Waals surface area (Å²) in [7, 11) is 0. The number of rotatable bonds is 10. The number of benzene rings is 3. The van der Waals surface area contributed by atoms with Gasteiger partial charge in [-0.25, -0.2) is 0 Å². The minimum atomic E-state index is -1.46. The van der Waals surface area contributed by atoms with Crippen LogP contribution in [-0.4, -0.2) is 69.5 Å². The van der Waals surface area contributed by atoms with E-state index in [2.05, 4.69) is 5.43 Å². The van der Waals surface area contributed by atoms with E-state index in [0.717, 1.165) is 21.0 Å². The third kappa shape index (κ3) is 5.11. The number of ether oxygens (including phenoxy) is 1. The first kappa shape index (κ1) is 32.3. The van der Waals surface area contributed by atoms with E-state index in [0.29, 0.717) is 22.6 Å². The fourth-order valence-electron chi connectivity index (χ4n) is 8.59. The minimum absolute atomic E-state index is 0.00180. The third-order valence-corrected chi connectivity index (χ3v) is 10.6. The van der Waals surface area contributed by atoms with Crippen LogP contribution in [0.3, 0.4) is 0 Å². The number of carbonyl (C=O) groups excluding carboxylic acids is 4. The predicted molar refractivity (Wildman–Crippen MR) is 177 cm³/mol. The highest BCUT2D eigenvalue weighted by Crippen LogP contribution is 2.64. The van der Waals surface area contributed by atoms with Crippen molar-refractivity contribution in [2.45, 2.75) is 37.5 Å². The van der Waals surface area contributed by atoms with Gasteiger partial charge in [0, 0.05) is 18.0 Å². The van der Waals surface area contributed by atoms with Crippen molar-refractivity contribution in [1.82, 2.24) is 9.91 Å². The van der Waals surface area contributed by atoms with Crippen LogP contribution in [0.4, 0.5) is 5.69 Å².